The van der Waals surface area contributed by atoms with E-state index < -0.39 is 5.97 Å². The number of hydrogen-bond acceptors (Lipinski definition) is 4. The third-order valence-corrected chi connectivity index (χ3v) is 6.36. The number of carboxylic acids is 1. The van der Waals surface area contributed by atoms with E-state index in [1.807, 2.05) is 24.3 Å². The van der Waals surface area contributed by atoms with Crippen molar-refractivity contribution in [3.05, 3.63) is 35.9 Å². The molecule has 3 rings (SSSR count). The van der Waals surface area contributed by atoms with Crippen molar-refractivity contribution in [2.24, 2.45) is 11.8 Å². The van der Waals surface area contributed by atoms with E-state index in [1.54, 1.807) is 6.07 Å². The molecule has 0 amide bonds. The van der Waals surface area contributed by atoms with Crippen molar-refractivity contribution < 1.29 is 24.1 Å². The highest BCUT2D eigenvalue weighted by atomic mass is 16.6. The molecule has 186 valence electrons. The average molecular weight is 469 g/mol. The van der Waals surface area contributed by atoms with Gasteiger partial charge in [-0.25, -0.2) is 4.79 Å². The molecular weight excluding hydrogens is 428 g/mol. The molecular formula is C29H40O5. The summed E-state index contributed by atoms with van der Waals surface area (Å²) in [6.45, 7) is 10.1. The number of unbranched alkanes of at least 4 members (excludes halogenated alkanes) is 3. The predicted molar refractivity (Wildman–Crippen MR) is 137 cm³/mol. The standard InChI is InChI=1S/C29H40O5/c1-5-6-7-8-17-32-25-15-14-23(27-28(25)34-27)22-12-13-24(29(30)31)26(19-22)33-18-16-21(4)11-9-10-20(2)3/h12-15,19-21H,5-11,16-18H2,1-4H3,(H,30,31). The van der Waals surface area contributed by atoms with E-state index in [-0.39, 0.29) is 5.56 Å². The number of aromatic carboxylic acids is 1. The number of ether oxygens (including phenoxy) is 3. The summed E-state index contributed by atoms with van der Waals surface area (Å²) in [5, 5.41) is 9.62. The number of benzene rings is 2. The molecule has 0 aliphatic carbocycles. The van der Waals surface area contributed by atoms with Gasteiger partial charge in [0.25, 0.3) is 0 Å². The first kappa shape index (κ1) is 25.9. The van der Waals surface area contributed by atoms with Gasteiger partial charge < -0.3 is 19.3 Å². The monoisotopic (exact) mass is 468 g/mol. The SMILES string of the molecule is CCCCCCOc1ccc(-c2ccc(C(=O)O)c(OCCC(C)CCCC(C)C)c2)c2c1O2. The Hall–Kier alpha value is -2.69. The zero-order chi connectivity index (χ0) is 24.5. The van der Waals surface area contributed by atoms with Crippen LogP contribution in [0.5, 0.6) is 23.0 Å². The molecule has 0 spiro atoms. The highest BCUT2D eigenvalue weighted by Crippen LogP contribution is 2.58. The lowest BCUT2D eigenvalue weighted by atomic mass is 9.97. The van der Waals surface area contributed by atoms with Crippen molar-refractivity contribution in [3.63, 3.8) is 0 Å². The first-order valence-electron chi connectivity index (χ1n) is 12.9. The zero-order valence-corrected chi connectivity index (χ0v) is 21.2. The molecule has 1 aliphatic heterocycles. The van der Waals surface area contributed by atoms with E-state index in [1.165, 1.54) is 38.5 Å². The Bertz CT molecular complexity index is 950. The van der Waals surface area contributed by atoms with Gasteiger partial charge in [-0.2, -0.15) is 0 Å². The third kappa shape index (κ3) is 7.41. The van der Waals surface area contributed by atoms with E-state index in [2.05, 4.69) is 27.7 Å². The highest BCUT2D eigenvalue weighted by Gasteiger charge is 2.31. The fourth-order valence-corrected chi connectivity index (χ4v) is 4.15. The van der Waals surface area contributed by atoms with E-state index in [9.17, 15) is 9.90 Å². The molecule has 0 saturated heterocycles. The van der Waals surface area contributed by atoms with Gasteiger partial charge in [0.05, 0.1) is 13.2 Å². The van der Waals surface area contributed by atoms with Gasteiger partial charge in [0.2, 0.25) is 5.75 Å². The van der Waals surface area contributed by atoms with Gasteiger partial charge in [-0.05, 0) is 54.5 Å². The molecule has 5 nitrogen and oxygen atoms in total. The Kier molecular flexibility index (Phi) is 9.67. The number of rotatable bonds is 16. The fraction of sp³-hybridized carbons (Fsp3) is 0.552. The van der Waals surface area contributed by atoms with Crippen LogP contribution in [0.1, 0.15) is 89.4 Å². The summed E-state index contributed by atoms with van der Waals surface area (Å²) in [4.78, 5) is 11.7. The second kappa shape index (κ2) is 12.7. The highest BCUT2D eigenvalue weighted by molar-refractivity contribution is 5.93. The molecule has 0 fully saturated rings. The van der Waals surface area contributed by atoms with Gasteiger partial charge in [0.1, 0.15) is 11.3 Å². The first-order valence-corrected chi connectivity index (χ1v) is 12.9. The lowest BCUT2D eigenvalue weighted by Gasteiger charge is -2.15. The van der Waals surface area contributed by atoms with Gasteiger partial charge in [-0.15, -0.1) is 0 Å². The van der Waals surface area contributed by atoms with Crippen molar-refractivity contribution >= 4 is 5.97 Å². The van der Waals surface area contributed by atoms with Crippen LogP contribution in [-0.2, 0) is 0 Å². The average Bonchev–Trinajstić information content (AvgIpc) is 3.60. The summed E-state index contributed by atoms with van der Waals surface area (Å²) < 4.78 is 17.6. The second-order valence-electron chi connectivity index (χ2n) is 9.86. The minimum Gasteiger partial charge on any atom is -0.493 e. The quantitative estimate of drug-likeness (QED) is 0.169. The predicted octanol–water partition coefficient (Wildman–Crippen LogP) is 8.35. The summed E-state index contributed by atoms with van der Waals surface area (Å²) in [6, 6.07) is 9.16. The summed E-state index contributed by atoms with van der Waals surface area (Å²) in [7, 11) is 0. The minimum atomic E-state index is -0.981. The van der Waals surface area contributed by atoms with Crippen LogP contribution >= 0.6 is 0 Å². The topological polar surface area (TPSA) is 68.3 Å². The maximum Gasteiger partial charge on any atom is 0.339 e. The third-order valence-electron chi connectivity index (χ3n) is 6.36. The Labute approximate surface area is 204 Å². The fourth-order valence-electron chi connectivity index (χ4n) is 4.15. The molecule has 5 heteroatoms. The van der Waals surface area contributed by atoms with Crippen molar-refractivity contribution in [1.29, 1.82) is 0 Å². The summed E-state index contributed by atoms with van der Waals surface area (Å²) in [6.07, 6.45) is 9.19. The van der Waals surface area contributed by atoms with Crippen LogP contribution < -0.4 is 14.2 Å². The number of fused-ring (bicyclic) bond motifs is 1. The van der Waals surface area contributed by atoms with Crippen LogP contribution in [0.4, 0.5) is 0 Å². The Balaban J connectivity index is 1.62. The lowest BCUT2D eigenvalue weighted by molar-refractivity contribution is 0.0692. The number of carbonyl (C=O) groups is 1. The van der Waals surface area contributed by atoms with Gasteiger partial charge in [-0.1, -0.05) is 72.3 Å². The van der Waals surface area contributed by atoms with Crippen LogP contribution in [-0.4, -0.2) is 24.3 Å². The van der Waals surface area contributed by atoms with Crippen molar-refractivity contribution in [2.45, 2.75) is 79.1 Å². The summed E-state index contributed by atoms with van der Waals surface area (Å²) in [5.74, 6) is 3.07. The van der Waals surface area contributed by atoms with Gasteiger partial charge >= 0.3 is 5.97 Å². The molecule has 0 aromatic heterocycles. The second-order valence-corrected chi connectivity index (χ2v) is 9.86. The van der Waals surface area contributed by atoms with Crippen molar-refractivity contribution in [2.75, 3.05) is 13.2 Å². The largest absolute Gasteiger partial charge is 0.493 e. The zero-order valence-electron chi connectivity index (χ0n) is 21.2. The van der Waals surface area contributed by atoms with Gasteiger partial charge in [0, 0.05) is 5.56 Å². The molecule has 1 atom stereocenters. The summed E-state index contributed by atoms with van der Waals surface area (Å²) in [5.41, 5.74) is 2.00. The van der Waals surface area contributed by atoms with Crippen molar-refractivity contribution in [1.82, 2.24) is 0 Å². The molecule has 0 bridgehead atoms. The summed E-state index contributed by atoms with van der Waals surface area (Å²) >= 11 is 0. The molecule has 1 N–H and O–H groups in total. The number of hydrogen-bond donors (Lipinski definition) is 1. The molecule has 2 aromatic carbocycles. The van der Waals surface area contributed by atoms with Gasteiger partial charge in [0.15, 0.2) is 11.5 Å². The van der Waals surface area contributed by atoms with Crippen LogP contribution in [0.25, 0.3) is 11.1 Å². The van der Waals surface area contributed by atoms with Crippen LogP contribution in [0, 0.1) is 11.8 Å². The molecule has 34 heavy (non-hydrogen) atoms. The Morgan fingerprint density at radius 2 is 1.68 bits per heavy atom. The van der Waals surface area contributed by atoms with Crippen LogP contribution in [0.2, 0.25) is 0 Å². The molecule has 1 heterocycles. The van der Waals surface area contributed by atoms with Crippen molar-refractivity contribution in [3.8, 4) is 34.1 Å². The van der Waals surface area contributed by atoms with Gasteiger partial charge in [-0.3, -0.25) is 0 Å². The molecule has 2 aromatic rings. The van der Waals surface area contributed by atoms with Crippen LogP contribution in [0.3, 0.4) is 0 Å². The van der Waals surface area contributed by atoms with E-state index in [0.717, 1.165) is 47.1 Å². The molecule has 1 unspecified atom stereocenters. The van der Waals surface area contributed by atoms with E-state index in [0.29, 0.717) is 24.9 Å². The Morgan fingerprint density at radius 1 is 0.882 bits per heavy atom. The van der Waals surface area contributed by atoms with E-state index in [4.69, 9.17) is 14.2 Å². The normalized spacial score (nSPS) is 12.7. The molecule has 1 aliphatic rings. The Morgan fingerprint density at radius 3 is 2.41 bits per heavy atom. The molecule has 0 radical (unpaired) electrons. The maximum atomic E-state index is 11.7. The molecule has 0 saturated carbocycles. The smallest absolute Gasteiger partial charge is 0.339 e. The van der Waals surface area contributed by atoms with E-state index >= 15 is 0 Å². The van der Waals surface area contributed by atoms with Crippen LogP contribution in [0.15, 0.2) is 30.3 Å². The number of carboxylic acid groups (broad SMARTS) is 1. The lowest BCUT2D eigenvalue weighted by Crippen LogP contribution is -2.08. The minimum absolute atomic E-state index is 0.185. The maximum absolute atomic E-state index is 11.7. The first-order chi connectivity index (χ1) is 16.4.